The molecule has 2 unspecified atom stereocenters. The van der Waals surface area contributed by atoms with Gasteiger partial charge in [0.1, 0.15) is 6.10 Å². The van der Waals surface area contributed by atoms with Gasteiger partial charge in [-0.25, -0.2) is 0 Å². The van der Waals surface area contributed by atoms with Crippen LogP contribution in [0.2, 0.25) is 0 Å². The van der Waals surface area contributed by atoms with Crippen LogP contribution in [-0.2, 0) is 9.53 Å². The lowest BCUT2D eigenvalue weighted by Crippen LogP contribution is -2.42. The van der Waals surface area contributed by atoms with Crippen molar-refractivity contribution in [2.75, 3.05) is 0 Å². The average molecular weight is 305 g/mol. The zero-order chi connectivity index (χ0) is 16.8. The highest BCUT2D eigenvalue weighted by Crippen LogP contribution is 2.30. The van der Waals surface area contributed by atoms with Crippen molar-refractivity contribution in [3.63, 3.8) is 0 Å². The summed E-state index contributed by atoms with van der Waals surface area (Å²) in [6, 6.07) is 0. The molecule has 120 valence electrons. The minimum Gasteiger partial charge on any atom is -0.458 e. The molecule has 1 rings (SSSR count). The van der Waals surface area contributed by atoms with E-state index in [2.05, 4.69) is 16.6 Å². The maximum absolute atomic E-state index is 12.5. The highest BCUT2D eigenvalue weighted by Gasteiger charge is 2.41. The van der Waals surface area contributed by atoms with Crippen LogP contribution in [0.5, 0.6) is 0 Å². The molecule has 6 nitrogen and oxygen atoms in total. The van der Waals surface area contributed by atoms with Gasteiger partial charge in [0.05, 0.1) is 6.10 Å². The Morgan fingerprint density at radius 3 is 2.59 bits per heavy atom. The number of hydrogen-bond acceptors (Lipinski definition) is 4. The van der Waals surface area contributed by atoms with Crippen molar-refractivity contribution in [3.05, 3.63) is 47.4 Å². The third kappa shape index (κ3) is 4.23. The molecule has 0 aromatic heterocycles. The number of aliphatic hydroxyl groups is 1. The third-order valence-corrected chi connectivity index (χ3v) is 3.83. The second kappa shape index (κ2) is 7.82. The van der Waals surface area contributed by atoms with E-state index in [0.29, 0.717) is 0 Å². The van der Waals surface area contributed by atoms with E-state index in [9.17, 15) is 9.90 Å². The van der Waals surface area contributed by atoms with Crippen LogP contribution >= 0.6 is 0 Å². The number of esters is 1. The summed E-state index contributed by atoms with van der Waals surface area (Å²) in [5, 5.41) is 13.6. The van der Waals surface area contributed by atoms with Crippen molar-refractivity contribution >= 4 is 5.97 Å². The zero-order valence-corrected chi connectivity index (χ0v) is 13.2. The standard InChI is InChI=1S/C16H23N3O3/c1-5-13(10-14(20)11(2)3)22-15(21)16(4,18-19-17)12-8-6-7-9-12/h5-9,11-14,20H,1,10H2,2-4H3/t13?,14?,16-/m1/s1. The largest absolute Gasteiger partial charge is 0.458 e. The molecule has 0 heterocycles. The maximum Gasteiger partial charge on any atom is 0.319 e. The van der Waals surface area contributed by atoms with Gasteiger partial charge in [-0.3, -0.25) is 4.79 Å². The van der Waals surface area contributed by atoms with Crippen LogP contribution in [0.15, 0.2) is 42.1 Å². The van der Waals surface area contributed by atoms with E-state index in [4.69, 9.17) is 10.3 Å². The van der Waals surface area contributed by atoms with Crippen molar-refractivity contribution in [2.45, 2.75) is 44.9 Å². The molecule has 0 aromatic carbocycles. The molecule has 0 radical (unpaired) electrons. The van der Waals surface area contributed by atoms with E-state index in [1.54, 1.807) is 31.2 Å². The monoisotopic (exact) mass is 305 g/mol. The second-order valence-corrected chi connectivity index (χ2v) is 5.86. The first-order valence-corrected chi connectivity index (χ1v) is 7.28. The van der Waals surface area contributed by atoms with Crippen molar-refractivity contribution in [1.29, 1.82) is 0 Å². The number of carbonyl (C=O) groups excluding carboxylic acids is 1. The Kier molecular flexibility index (Phi) is 6.40. The van der Waals surface area contributed by atoms with Gasteiger partial charge in [-0.05, 0) is 18.4 Å². The summed E-state index contributed by atoms with van der Waals surface area (Å²) in [4.78, 5) is 15.3. The van der Waals surface area contributed by atoms with Crippen LogP contribution in [-0.4, -0.2) is 28.8 Å². The Morgan fingerprint density at radius 1 is 1.55 bits per heavy atom. The van der Waals surface area contributed by atoms with Gasteiger partial charge < -0.3 is 9.84 Å². The van der Waals surface area contributed by atoms with Crippen LogP contribution in [0.25, 0.3) is 10.4 Å². The topological polar surface area (TPSA) is 95.3 Å². The SMILES string of the molecule is C=CC(CC(O)C(C)C)OC(=O)[C@](C)(N=[N+]=[N-])C1C=CC=C1. The van der Waals surface area contributed by atoms with Crippen molar-refractivity contribution in [2.24, 2.45) is 17.0 Å². The van der Waals surface area contributed by atoms with Gasteiger partial charge in [-0.15, -0.1) is 0 Å². The summed E-state index contributed by atoms with van der Waals surface area (Å²) in [6.45, 7) is 8.93. The van der Waals surface area contributed by atoms with Gasteiger partial charge >= 0.3 is 5.97 Å². The smallest absolute Gasteiger partial charge is 0.319 e. The molecular weight excluding hydrogens is 282 g/mol. The Labute approximate surface area is 130 Å². The van der Waals surface area contributed by atoms with Crippen LogP contribution in [0.1, 0.15) is 27.2 Å². The minimum absolute atomic E-state index is 0.0466. The Morgan fingerprint density at radius 2 is 2.14 bits per heavy atom. The molecule has 0 aromatic rings. The molecule has 1 aliphatic rings. The Hall–Kier alpha value is -2.04. The lowest BCUT2D eigenvalue weighted by Gasteiger charge is -2.29. The lowest BCUT2D eigenvalue weighted by molar-refractivity contribution is -0.155. The second-order valence-electron chi connectivity index (χ2n) is 5.86. The Bertz CT molecular complexity index is 509. The van der Waals surface area contributed by atoms with Crippen molar-refractivity contribution < 1.29 is 14.6 Å². The molecule has 0 amide bonds. The molecule has 6 heteroatoms. The average Bonchev–Trinajstić information content (AvgIpc) is 3.00. The molecule has 22 heavy (non-hydrogen) atoms. The number of nitrogens with zero attached hydrogens (tertiary/aromatic N) is 3. The molecular formula is C16H23N3O3. The molecule has 0 saturated heterocycles. The molecule has 0 fully saturated rings. The van der Waals surface area contributed by atoms with Gasteiger partial charge in [0.25, 0.3) is 0 Å². The Balaban J connectivity index is 2.86. The molecule has 1 aliphatic carbocycles. The normalized spacial score (nSPS) is 19.3. The summed E-state index contributed by atoms with van der Waals surface area (Å²) in [5.41, 5.74) is 7.40. The van der Waals surface area contributed by atoms with E-state index in [-0.39, 0.29) is 18.3 Å². The van der Waals surface area contributed by atoms with Gasteiger partial charge in [0, 0.05) is 17.3 Å². The minimum atomic E-state index is -1.36. The van der Waals surface area contributed by atoms with Gasteiger partial charge in [0.15, 0.2) is 5.54 Å². The van der Waals surface area contributed by atoms with Crippen molar-refractivity contribution in [1.82, 2.24) is 0 Å². The summed E-state index contributed by atoms with van der Waals surface area (Å²) < 4.78 is 5.40. The number of rotatable bonds is 8. The number of aliphatic hydroxyl groups excluding tert-OH is 1. The molecule has 0 spiro atoms. The van der Waals surface area contributed by atoms with Gasteiger partial charge in [-0.1, -0.05) is 55.9 Å². The number of allylic oxidation sites excluding steroid dienone is 2. The number of carbonyl (C=O) groups is 1. The van der Waals surface area contributed by atoms with Crippen LogP contribution < -0.4 is 0 Å². The first-order valence-electron chi connectivity index (χ1n) is 7.28. The fourth-order valence-corrected chi connectivity index (χ4v) is 2.10. The lowest BCUT2D eigenvalue weighted by atomic mass is 9.87. The predicted octanol–water partition coefficient (Wildman–Crippen LogP) is 3.30. The summed E-state index contributed by atoms with van der Waals surface area (Å²) in [7, 11) is 0. The summed E-state index contributed by atoms with van der Waals surface area (Å²) in [6.07, 6.45) is 7.63. The zero-order valence-electron chi connectivity index (χ0n) is 13.2. The highest BCUT2D eigenvalue weighted by atomic mass is 16.5. The molecule has 3 atom stereocenters. The summed E-state index contributed by atoms with van der Waals surface area (Å²) >= 11 is 0. The van der Waals surface area contributed by atoms with E-state index >= 15 is 0 Å². The van der Waals surface area contributed by atoms with Crippen molar-refractivity contribution in [3.8, 4) is 0 Å². The maximum atomic E-state index is 12.5. The van der Waals surface area contributed by atoms with Gasteiger partial charge in [-0.2, -0.15) is 0 Å². The number of azide groups is 1. The number of ether oxygens (including phenoxy) is 1. The van der Waals surface area contributed by atoms with Crippen LogP contribution in [0, 0.1) is 11.8 Å². The van der Waals surface area contributed by atoms with Crippen LogP contribution in [0.4, 0.5) is 0 Å². The molecule has 1 N–H and O–H groups in total. The van der Waals surface area contributed by atoms with E-state index in [1.807, 2.05) is 13.8 Å². The quantitative estimate of drug-likeness (QED) is 0.245. The van der Waals surface area contributed by atoms with E-state index in [1.165, 1.54) is 6.08 Å². The number of hydrogen-bond donors (Lipinski definition) is 1. The molecule has 0 saturated carbocycles. The first-order chi connectivity index (χ1) is 10.3. The fourth-order valence-electron chi connectivity index (χ4n) is 2.10. The molecule has 0 aliphatic heterocycles. The van der Waals surface area contributed by atoms with Gasteiger partial charge in [0.2, 0.25) is 0 Å². The fraction of sp³-hybridized carbons (Fsp3) is 0.562. The highest BCUT2D eigenvalue weighted by molar-refractivity contribution is 5.82. The van der Waals surface area contributed by atoms with Crippen LogP contribution in [0.3, 0.4) is 0 Å². The van der Waals surface area contributed by atoms with E-state index in [0.717, 1.165) is 0 Å². The first kappa shape index (κ1) is 18.0. The van der Waals surface area contributed by atoms with E-state index < -0.39 is 23.7 Å². The third-order valence-electron chi connectivity index (χ3n) is 3.83. The molecule has 0 bridgehead atoms. The summed E-state index contributed by atoms with van der Waals surface area (Å²) in [5.74, 6) is -0.936. The predicted molar refractivity (Wildman–Crippen MR) is 84.9 cm³/mol.